The number of aryl methyl sites for hydroxylation is 1. The second kappa shape index (κ2) is 5.69. The summed E-state index contributed by atoms with van der Waals surface area (Å²) in [4.78, 5) is 23.9. The van der Waals surface area contributed by atoms with Gasteiger partial charge in [0.2, 0.25) is 0 Å². The number of carbonyl (C=O) groups is 1. The van der Waals surface area contributed by atoms with Crippen LogP contribution in [-0.4, -0.2) is 63.2 Å². The fourth-order valence-corrected chi connectivity index (χ4v) is 2.81. The van der Waals surface area contributed by atoms with E-state index >= 15 is 0 Å². The molecule has 2 aromatic heterocycles. The zero-order valence-corrected chi connectivity index (χ0v) is 12.1. The van der Waals surface area contributed by atoms with Crippen molar-refractivity contribution in [3.63, 3.8) is 0 Å². The first-order valence-electron chi connectivity index (χ1n) is 7.10. The number of aromatic nitrogens is 3. The van der Waals surface area contributed by atoms with Crippen molar-refractivity contribution in [2.24, 2.45) is 7.05 Å². The van der Waals surface area contributed by atoms with Crippen LogP contribution in [-0.2, 0) is 11.8 Å². The number of fused-ring (bicyclic) bond motifs is 1. The number of carboxylic acids is 1. The lowest BCUT2D eigenvalue weighted by Crippen LogP contribution is -2.34. The molecular weight excluding hydrogens is 270 g/mol. The van der Waals surface area contributed by atoms with Gasteiger partial charge in [0.15, 0.2) is 5.82 Å². The van der Waals surface area contributed by atoms with Crippen LogP contribution in [0.15, 0.2) is 18.6 Å². The third-order valence-corrected chi connectivity index (χ3v) is 3.87. The molecule has 3 heterocycles. The molecule has 0 spiro atoms. The second-order valence-electron chi connectivity index (χ2n) is 5.37. The quantitative estimate of drug-likeness (QED) is 0.890. The summed E-state index contributed by atoms with van der Waals surface area (Å²) in [5.41, 5.74) is 1.97. The van der Waals surface area contributed by atoms with E-state index in [1.807, 2.05) is 22.6 Å². The monoisotopic (exact) mass is 289 g/mol. The Labute approximate surface area is 122 Å². The minimum Gasteiger partial charge on any atom is -0.480 e. The molecule has 1 saturated heterocycles. The summed E-state index contributed by atoms with van der Waals surface area (Å²) in [6.07, 6.45) is 4.53. The van der Waals surface area contributed by atoms with Crippen LogP contribution >= 0.6 is 0 Å². The van der Waals surface area contributed by atoms with Crippen LogP contribution in [0, 0.1) is 0 Å². The van der Waals surface area contributed by atoms with Crippen molar-refractivity contribution in [1.82, 2.24) is 19.4 Å². The topological polar surface area (TPSA) is 74.5 Å². The zero-order valence-electron chi connectivity index (χ0n) is 12.1. The fourth-order valence-electron chi connectivity index (χ4n) is 2.81. The maximum absolute atomic E-state index is 10.8. The highest BCUT2D eigenvalue weighted by molar-refractivity contribution is 5.86. The van der Waals surface area contributed by atoms with Crippen LogP contribution in [0.4, 0.5) is 5.82 Å². The number of hydrogen-bond donors (Lipinski definition) is 1. The summed E-state index contributed by atoms with van der Waals surface area (Å²) in [6.45, 7) is 3.29. The van der Waals surface area contributed by atoms with Gasteiger partial charge >= 0.3 is 5.97 Å². The fraction of sp³-hybridized carbons (Fsp3) is 0.500. The van der Waals surface area contributed by atoms with Gasteiger partial charge in [-0.2, -0.15) is 0 Å². The average Bonchev–Trinajstić information content (AvgIpc) is 2.69. The Morgan fingerprint density at radius 2 is 2.14 bits per heavy atom. The smallest absolute Gasteiger partial charge is 0.317 e. The molecule has 0 atom stereocenters. The van der Waals surface area contributed by atoms with Gasteiger partial charge in [0.05, 0.1) is 18.4 Å². The molecule has 0 bridgehead atoms. The summed E-state index contributed by atoms with van der Waals surface area (Å²) >= 11 is 0. The molecule has 0 radical (unpaired) electrons. The van der Waals surface area contributed by atoms with Crippen LogP contribution in [0.1, 0.15) is 6.42 Å². The molecule has 0 amide bonds. The molecule has 21 heavy (non-hydrogen) atoms. The first-order valence-corrected chi connectivity index (χ1v) is 7.10. The summed E-state index contributed by atoms with van der Waals surface area (Å²) in [6, 6.07) is 1.96. The Morgan fingerprint density at radius 3 is 2.95 bits per heavy atom. The van der Waals surface area contributed by atoms with Crippen molar-refractivity contribution in [1.29, 1.82) is 0 Å². The Balaban J connectivity index is 1.81. The Hall–Kier alpha value is -2.15. The van der Waals surface area contributed by atoms with E-state index in [4.69, 9.17) is 5.11 Å². The third kappa shape index (κ3) is 2.82. The number of rotatable bonds is 3. The Bertz CT molecular complexity index is 654. The lowest BCUT2D eigenvalue weighted by atomic mass is 10.3. The van der Waals surface area contributed by atoms with Crippen LogP contribution in [0.3, 0.4) is 0 Å². The van der Waals surface area contributed by atoms with Crippen molar-refractivity contribution in [3.8, 4) is 0 Å². The predicted octanol–water partition coefficient (Wildman–Crippen LogP) is 0.565. The van der Waals surface area contributed by atoms with Crippen LogP contribution in [0.25, 0.3) is 11.0 Å². The summed E-state index contributed by atoms with van der Waals surface area (Å²) in [5, 5.41) is 8.90. The molecule has 1 aliphatic rings. The number of aliphatic carboxylic acids is 1. The molecular formula is C14H19N5O2. The zero-order chi connectivity index (χ0) is 14.8. The highest BCUT2D eigenvalue weighted by Crippen LogP contribution is 2.23. The van der Waals surface area contributed by atoms with Crippen LogP contribution in [0.5, 0.6) is 0 Å². The van der Waals surface area contributed by atoms with Gasteiger partial charge in [-0.3, -0.25) is 9.69 Å². The molecule has 112 valence electrons. The normalized spacial score (nSPS) is 17.1. The third-order valence-electron chi connectivity index (χ3n) is 3.87. The summed E-state index contributed by atoms with van der Waals surface area (Å²) in [7, 11) is 1.97. The number of imidazole rings is 1. The van der Waals surface area contributed by atoms with Gasteiger partial charge in [-0.25, -0.2) is 9.97 Å². The minimum absolute atomic E-state index is 0.106. The van der Waals surface area contributed by atoms with Crippen molar-refractivity contribution < 1.29 is 9.90 Å². The molecule has 1 fully saturated rings. The van der Waals surface area contributed by atoms with Crippen molar-refractivity contribution in [2.45, 2.75) is 6.42 Å². The van der Waals surface area contributed by atoms with E-state index in [0.717, 1.165) is 49.5 Å². The molecule has 3 rings (SSSR count). The van der Waals surface area contributed by atoms with Gasteiger partial charge < -0.3 is 14.6 Å². The molecule has 1 N–H and O–H groups in total. The van der Waals surface area contributed by atoms with E-state index in [2.05, 4.69) is 14.9 Å². The number of hydrogen-bond acceptors (Lipinski definition) is 5. The number of carboxylic acid groups (broad SMARTS) is 1. The van der Waals surface area contributed by atoms with Gasteiger partial charge in [-0.15, -0.1) is 0 Å². The van der Waals surface area contributed by atoms with Gasteiger partial charge in [0.1, 0.15) is 5.52 Å². The first kappa shape index (κ1) is 13.8. The predicted molar refractivity (Wildman–Crippen MR) is 79.4 cm³/mol. The molecule has 0 saturated carbocycles. The van der Waals surface area contributed by atoms with Gasteiger partial charge in [0, 0.05) is 39.4 Å². The van der Waals surface area contributed by atoms with Crippen molar-refractivity contribution in [2.75, 3.05) is 37.6 Å². The standard InChI is InChI=1S/C14H19N5O2/c1-17-10-16-13-11(17)3-4-15-14(13)19-6-2-5-18(7-8-19)9-12(20)21/h3-4,10H,2,5-9H2,1H3,(H,20,21). The summed E-state index contributed by atoms with van der Waals surface area (Å²) < 4.78 is 1.98. The highest BCUT2D eigenvalue weighted by Gasteiger charge is 2.20. The lowest BCUT2D eigenvalue weighted by Gasteiger charge is -2.22. The van der Waals surface area contributed by atoms with E-state index in [9.17, 15) is 4.79 Å². The molecule has 0 aliphatic carbocycles. The number of nitrogens with zero attached hydrogens (tertiary/aromatic N) is 5. The maximum atomic E-state index is 10.8. The highest BCUT2D eigenvalue weighted by atomic mass is 16.4. The Morgan fingerprint density at radius 1 is 1.29 bits per heavy atom. The van der Waals surface area contributed by atoms with E-state index in [1.165, 1.54) is 0 Å². The molecule has 0 aromatic carbocycles. The van der Waals surface area contributed by atoms with Crippen molar-refractivity contribution >= 4 is 22.8 Å². The van der Waals surface area contributed by atoms with Gasteiger partial charge in [0.25, 0.3) is 0 Å². The SMILES string of the molecule is Cn1cnc2c(N3CCCN(CC(=O)O)CC3)nccc21. The van der Waals surface area contributed by atoms with Gasteiger partial charge in [-0.1, -0.05) is 0 Å². The molecule has 2 aromatic rings. The Kier molecular flexibility index (Phi) is 3.74. The van der Waals surface area contributed by atoms with E-state index < -0.39 is 5.97 Å². The number of pyridine rings is 1. The molecule has 0 unspecified atom stereocenters. The van der Waals surface area contributed by atoms with Gasteiger partial charge in [-0.05, 0) is 12.5 Å². The second-order valence-corrected chi connectivity index (χ2v) is 5.37. The average molecular weight is 289 g/mol. The minimum atomic E-state index is -0.770. The van der Waals surface area contributed by atoms with E-state index in [-0.39, 0.29) is 6.54 Å². The number of anilines is 1. The van der Waals surface area contributed by atoms with E-state index in [1.54, 1.807) is 12.5 Å². The lowest BCUT2D eigenvalue weighted by molar-refractivity contribution is -0.138. The van der Waals surface area contributed by atoms with Crippen molar-refractivity contribution in [3.05, 3.63) is 18.6 Å². The maximum Gasteiger partial charge on any atom is 0.317 e. The first-order chi connectivity index (χ1) is 10.1. The largest absolute Gasteiger partial charge is 0.480 e. The molecule has 7 nitrogen and oxygen atoms in total. The van der Waals surface area contributed by atoms with Crippen LogP contribution in [0.2, 0.25) is 0 Å². The molecule has 1 aliphatic heterocycles. The van der Waals surface area contributed by atoms with Crippen LogP contribution < -0.4 is 4.90 Å². The summed E-state index contributed by atoms with van der Waals surface area (Å²) in [5.74, 6) is 0.124. The van der Waals surface area contributed by atoms with E-state index in [0.29, 0.717) is 0 Å². The molecule has 7 heteroatoms.